The number of hydrogen-bond acceptors (Lipinski definition) is 1. The van der Waals surface area contributed by atoms with Crippen molar-refractivity contribution in [2.75, 3.05) is 0 Å². The smallest absolute Gasteiger partial charge is 0.0303 e. The van der Waals surface area contributed by atoms with E-state index in [1.807, 2.05) is 0 Å². The molecule has 0 spiro atoms. The van der Waals surface area contributed by atoms with Crippen LogP contribution in [0.3, 0.4) is 0 Å². The van der Waals surface area contributed by atoms with Crippen molar-refractivity contribution >= 4 is 0 Å². The Labute approximate surface area is 142 Å². The first-order valence-electron chi connectivity index (χ1n) is 10.1. The van der Waals surface area contributed by atoms with E-state index in [0.29, 0.717) is 0 Å². The molecule has 0 saturated carbocycles. The van der Waals surface area contributed by atoms with Gasteiger partial charge in [0.1, 0.15) is 0 Å². The summed E-state index contributed by atoms with van der Waals surface area (Å²) in [6.07, 6.45) is 24.8. The van der Waals surface area contributed by atoms with Crippen molar-refractivity contribution in [1.29, 1.82) is 0 Å². The van der Waals surface area contributed by atoms with Gasteiger partial charge in [0, 0.05) is 0 Å². The molecule has 0 unspecified atom stereocenters. The number of unbranched alkanes of at least 4 members (excludes halogenated alkanes) is 15. The second-order valence-electron chi connectivity index (χ2n) is 7.26. The van der Waals surface area contributed by atoms with Crippen LogP contribution >= 0.6 is 0 Å². The van der Waals surface area contributed by atoms with Gasteiger partial charge in [-0.2, -0.15) is 0 Å². The van der Waals surface area contributed by atoms with Crippen LogP contribution in [-0.4, -0.2) is 0 Å². The maximum absolute atomic E-state index is 2.30. The molecule has 3 N–H and O–H groups in total. The van der Waals surface area contributed by atoms with Crippen LogP contribution in [0.25, 0.3) is 0 Å². The highest BCUT2D eigenvalue weighted by atomic mass is 14.0. The van der Waals surface area contributed by atoms with Crippen molar-refractivity contribution in [2.45, 2.75) is 130 Å². The van der Waals surface area contributed by atoms with Crippen LogP contribution in [-0.2, 0) is 0 Å². The first-order valence-corrected chi connectivity index (χ1v) is 10.1. The minimum absolute atomic E-state index is 0. The predicted octanol–water partition coefficient (Wildman–Crippen LogP) is 8.41. The summed E-state index contributed by atoms with van der Waals surface area (Å²) in [6, 6.07) is 0. The summed E-state index contributed by atoms with van der Waals surface area (Å²) in [5.74, 6) is 1.60. The Morgan fingerprint density at radius 1 is 0.455 bits per heavy atom. The minimum Gasteiger partial charge on any atom is -0.344 e. The van der Waals surface area contributed by atoms with Crippen molar-refractivity contribution in [2.24, 2.45) is 0 Å². The standard InChI is InChI=1S/C21H43.H3N/c1-4-5-6-7-8-9-10-11-12-13-14-15-16-17-18-19-20-21(2)3;/h4-20H2,1-3H3;1H3. The maximum atomic E-state index is 2.30. The van der Waals surface area contributed by atoms with Crippen LogP contribution < -0.4 is 6.15 Å². The van der Waals surface area contributed by atoms with Gasteiger partial charge < -0.3 is 6.15 Å². The molecular weight excluding hydrogens is 266 g/mol. The monoisotopic (exact) mass is 312 g/mol. The normalized spacial score (nSPS) is 10.9. The molecule has 0 aromatic heterocycles. The van der Waals surface area contributed by atoms with Crippen LogP contribution in [0.2, 0.25) is 0 Å². The highest BCUT2D eigenvalue weighted by Crippen LogP contribution is 2.15. The van der Waals surface area contributed by atoms with Crippen molar-refractivity contribution < 1.29 is 0 Å². The van der Waals surface area contributed by atoms with Crippen molar-refractivity contribution in [1.82, 2.24) is 6.15 Å². The van der Waals surface area contributed by atoms with Gasteiger partial charge in [-0.15, -0.1) is 0 Å². The zero-order valence-electron chi connectivity index (χ0n) is 16.2. The van der Waals surface area contributed by atoms with Gasteiger partial charge in [0.2, 0.25) is 0 Å². The van der Waals surface area contributed by atoms with Gasteiger partial charge in [0.05, 0.1) is 0 Å². The fourth-order valence-electron chi connectivity index (χ4n) is 3.03. The maximum Gasteiger partial charge on any atom is -0.0303 e. The molecule has 0 aliphatic heterocycles. The zero-order chi connectivity index (χ0) is 15.6. The first-order chi connectivity index (χ1) is 10.3. The average Bonchev–Trinajstić information content (AvgIpc) is 2.46. The largest absolute Gasteiger partial charge is 0.344 e. The lowest BCUT2D eigenvalue weighted by molar-refractivity contribution is 0.528. The molecule has 135 valence electrons. The molecule has 0 aliphatic carbocycles. The molecule has 0 fully saturated rings. The third-order valence-electron chi connectivity index (χ3n) is 4.53. The summed E-state index contributed by atoms with van der Waals surface area (Å²) < 4.78 is 0. The predicted molar refractivity (Wildman–Crippen MR) is 104 cm³/mol. The topological polar surface area (TPSA) is 35.0 Å². The van der Waals surface area contributed by atoms with Crippen LogP contribution in [0.5, 0.6) is 0 Å². The molecule has 0 aromatic carbocycles. The summed E-state index contributed by atoms with van der Waals surface area (Å²) in [5.41, 5.74) is 0. The minimum atomic E-state index is 0. The zero-order valence-corrected chi connectivity index (χ0v) is 16.2. The van der Waals surface area contributed by atoms with Gasteiger partial charge in [-0.3, -0.25) is 0 Å². The van der Waals surface area contributed by atoms with Gasteiger partial charge >= 0.3 is 0 Å². The third kappa shape index (κ3) is 22.2. The van der Waals surface area contributed by atoms with Crippen molar-refractivity contribution in [3.63, 3.8) is 0 Å². The first kappa shape index (κ1) is 24.2. The lowest BCUT2D eigenvalue weighted by atomic mass is 10.0. The molecule has 0 aromatic rings. The Balaban J connectivity index is 0. The van der Waals surface area contributed by atoms with E-state index in [0.717, 1.165) is 0 Å². The van der Waals surface area contributed by atoms with Crippen LogP contribution in [0.4, 0.5) is 0 Å². The number of hydrogen-bond donors (Lipinski definition) is 1. The molecule has 0 bridgehead atoms. The average molecular weight is 313 g/mol. The second kappa shape index (κ2) is 21.0. The van der Waals surface area contributed by atoms with Gasteiger partial charge in [0.15, 0.2) is 0 Å². The summed E-state index contributed by atoms with van der Waals surface area (Å²) in [4.78, 5) is 0. The van der Waals surface area contributed by atoms with Crippen LogP contribution in [0, 0.1) is 5.92 Å². The Morgan fingerprint density at radius 3 is 1.00 bits per heavy atom. The number of rotatable bonds is 17. The van der Waals surface area contributed by atoms with E-state index in [-0.39, 0.29) is 6.15 Å². The molecule has 0 atom stereocenters. The molecule has 1 radical (unpaired) electrons. The van der Waals surface area contributed by atoms with Gasteiger partial charge in [-0.1, -0.05) is 124 Å². The second-order valence-corrected chi connectivity index (χ2v) is 7.26. The Bertz CT molecular complexity index is 177. The van der Waals surface area contributed by atoms with Gasteiger partial charge in [0.25, 0.3) is 0 Å². The third-order valence-corrected chi connectivity index (χ3v) is 4.53. The molecule has 0 saturated heterocycles. The van der Waals surface area contributed by atoms with Crippen LogP contribution in [0.1, 0.15) is 130 Å². The summed E-state index contributed by atoms with van der Waals surface area (Å²) in [5, 5.41) is 0. The molecular formula is C21H46N. The Hall–Kier alpha value is -0.0400. The molecule has 1 nitrogen and oxygen atoms in total. The molecule has 0 amide bonds. The summed E-state index contributed by atoms with van der Waals surface area (Å²) in [7, 11) is 0. The molecule has 1 heteroatoms. The molecule has 22 heavy (non-hydrogen) atoms. The fourth-order valence-corrected chi connectivity index (χ4v) is 3.03. The van der Waals surface area contributed by atoms with E-state index in [2.05, 4.69) is 20.8 Å². The van der Waals surface area contributed by atoms with E-state index in [4.69, 9.17) is 0 Å². The summed E-state index contributed by atoms with van der Waals surface area (Å²) in [6.45, 7) is 6.81. The van der Waals surface area contributed by atoms with Gasteiger partial charge in [-0.25, -0.2) is 0 Å². The van der Waals surface area contributed by atoms with Crippen molar-refractivity contribution in [3.8, 4) is 0 Å². The van der Waals surface area contributed by atoms with E-state index >= 15 is 0 Å². The molecule has 0 rings (SSSR count). The molecule has 0 aliphatic rings. The highest BCUT2D eigenvalue weighted by molar-refractivity contribution is 4.75. The van der Waals surface area contributed by atoms with E-state index < -0.39 is 0 Å². The van der Waals surface area contributed by atoms with Gasteiger partial charge in [-0.05, 0) is 12.3 Å². The lowest BCUT2D eigenvalue weighted by Gasteiger charge is -2.04. The van der Waals surface area contributed by atoms with Crippen molar-refractivity contribution in [3.05, 3.63) is 5.92 Å². The lowest BCUT2D eigenvalue weighted by Crippen LogP contribution is -1.86. The Kier molecular flexibility index (Phi) is 23.1. The van der Waals surface area contributed by atoms with Crippen LogP contribution in [0.15, 0.2) is 0 Å². The summed E-state index contributed by atoms with van der Waals surface area (Å²) >= 11 is 0. The SMILES string of the molecule is CCCCCCCCCCCCCCCCCC[C](C)C.N. The Morgan fingerprint density at radius 2 is 0.727 bits per heavy atom. The van der Waals surface area contributed by atoms with E-state index in [9.17, 15) is 0 Å². The highest BCUT2D eigenvalue weighted by Gasteiger charge is 1.96. The quantitative estimate of drug-likeness (QED) is 0.269. The molecule has 0 heterocycles. The van der Waals surface area contributed by atoms with E-state index in [1.54, 1.807) is 5.92 Å². The fraction of sp³-hybridized carbons (Fsp3) is 0.952. The van der Waals surface area contributed by atoms with E-state index in [1.165, 1.54) is 109 Å².